The number of hydrogen-bond acceptors (Lipinski definition) is 7. The Hall–Kier alpha value is -3.72. The van der Waals surface area contributed by atoms with Crippen molar-refractivity contribution in [3.8, 4) is 11.4 Å². The molecule has 0 radical (unpaired) electrons. The normalized spacial score (nSPS) is 12.0. The number of anilines is 2. The van der Waals surface area contributed by atoms with E-state index in [9.17, 15) is 10.2 Å². The van der Waals surface area contributed by atoms with Crippen LogP contribution in [0.2, 0.25) is 5.02 Å². The second-order valence-electron chi connectivity index (χ2n) is 8.36. The Morgan fingerprint density at radius 1 is 1.14 bits per heavy atom. The van der Waals surface area contributed by atoms with Crippen LogP contribution in [0.5, 0.6) is 5.75 Å². The minimum Gasteiger partial charge on any atom is -0.486 e. The van der Waals surface area contributed by atoms with Gasteiger partial charge in [-0.15, -0.1) is 0 Å². The van der Waals surface area contributed by atoms with E-state index in [-0.39, 0.29) is 13.2 Å². The van der Waals surface area contributed by atoms with Crippen molar-refractivity contribution in [1.82, 2.24) is 14.5 Å². The first-order valence-corrected chi connectivity index (χ1v) is 12.4. The fourth-order valence-corrected chi connectivity index (χ4v) is 4.14. The van der Waals surface area contributed by atoms with Crippen LogP contribution in [-0.2, 0) is 13.0 Å². The number of aliphatic hydroxyl groups is 2. The van der Waals surface area contributed by atoms with Gasteiger partial charge in [0.25, 0.3) is 0 Å². The van der Waals surface area contributed by atoms with Gasteiger partial charge in [-0.25, -0.2) is 9.97 Å². The maximum absolute atomic E-state index is 9.68. The molecular formula is C28H30ClN5O3. The molecule has 4 aromatic rings. The fraction of sp³-hybridized carbons (Fsp3) is 0.250. The molecule has 0 unspecified atom stereocenters. The Morgan fingerprint density at radius 3 is 2.70 bits per heavy atom. The lowest BCUT2D eigenvalue weighted by molar-refractivity contribution is 0.276. The summed E-state index contributed by atoms with van der Waals surface area (Å²) in [6, 6.07) is 11.3. The van der Waals surface area contributed by atoms with Gasteiger partial charge < -0.3 is 24.8 Å². The Morgan fingerprint density at radius 2 is 1.97 bits per heavy atom. The SMILES string of the molecule is CC/C=C\C(COc1ccc(Nc2ncnc3ccc(-n4cc(CO)c(CCO)c4)cc23)cc1Cl)=NC. The van der Waals surface area contributed by atoms with Gasteiger partial charge in [0.05, 0.1) is 22.9 Å². The number of aromatic nitrogens is 3. The van der Waals surface area contributed by atoms with Gasteiger partial charge in [0.15, 0.2) is 0 Å². The number of nitrogens with zero attached hydrogens (tertiary/aromatic N) is 4. The van der Waals surface area contributed by atoms with Crippen LogP contribution in [0.1, 0.15) is 24.5 Å². The quantitative estimate of drug-likeness (QED) is 0.233. The minimum atomic E-state index is -0.0890. The highest BCUT2D eigenvalue weighted by molar-refractivity contribution is 6.32. The van der Waals surface area contributed by atoms with E-state index in [4.69, 9.17) is 16.3 Å². The third kappa shape index (κ3) is 6.35. The molecular weight excluding hydrogens is 490 g/mol. The molecule has 0 aliphatic carbocycles. The highest BCUT2D eigenvalue weighted by atomic mass is 35.5. The number of hydrogen-bond donors (Lipinski definition) is 3. The number of fused-ring (bicyclic) bond motifs is 1. The van der Waals surface area contributed by atoms with Gasteiger partial charge in [-0.1, -0.05) is 24.6 Å². The van der Waals surface area contributed by atoms with Gasteiger partial charge >= 0.3 is 0 Å². The van der Waals surface area contributed by atoms with Crippen molar-refractivity contribution in [2.45, 2.75) is 26.4 Å². The number of aliphatic hydroxyl groups excluding tert-OH is 2. The van der Waals surface area contributed by atoms with Crippen molar-refractivity contribution in [3.63, 3.8) is 0 Å². The van der Waals surface area contributed by atoms with Gasteiger partial charge in [0.2, 0.25) is 0 Å². The molecule has 0 bridgehead atoms. The maximum Gasteiger partial charge on any atom is 0.141 e. The highest BCUT2D eigenvalue weighted by Crippen LogP contribution is 2.31. The first kappa shape index (κ1) is 26.3. The molecule has 4 rings (SSSR count). The predicted octanol–water partition coefficient (Wildman–Crippen LogP) is 5.26. The summed E-state index contributed by atoms with van der Waals surface area (Å²) >= 11 is 6.51. The summed E-state index contributed by atoms with van der Waals surface area (Å²) in [5.41, 5.74) is 4.95. The van der Waals surface area contributed by atoms with E-state index in [0.29, 0.717) is 29.6 Å². The fourth-order valence-electron chi connectivity index (χ4n) is 3.91. The summed E-state index contributed by atoms with van der Waals surface area (Å²) < 4.78 is 7.79. The van der Waals surface area contributed by atoms with Crippen LogP contribution in [0.15, 0.2) is 72.3 Å². The molecule has 0 amide bonds. The molecule has 0 aliphatic heterocycles. The summed E-state index contributed by atoms with van der Waals surface area (Å²) in [5.74, 6) is 1.20. The molecule has 37 heavy (non-hydrogen) atoms. The molecule has 0 saturated carbocycles. The van der Waals surface area contributed by atoms with Crippen LogP contribution in [0.3, 0.4) is 0 Å². The Kier molecular flexibility index (Phi) is 8.90. The van der Waals surface area contributed by atoms with Gasteiger partial charge in [0, 0.05) is 42.8 Å². The molecule has 0 fully saturated rings. The first-order valence-electron chi connectivity index (χ1n) is 12.0. The Bertz CT molecular complexity index is 1430. The van der Waals surface area contributed by atoms with Crippen LogP contribution in [-0.4, -0.2) is 50.7 Å². The van der Waals surface area contributed by atoms with Crippen molar-refractivity contribution in [2.75, 3.05) is 25.6 Å². The van der Waals surface area contributed by atoms with E-state index >= 15 is 0 Å². The number of allylic oxidation sites excluding steroid dienone is 1. The van der Waals surface area contributed by atoms with Crippen molar-refractivity contribution in [3.05, 3.63) is 83.4 Å². The molecule has 0 saturated heterocycles. The van der Waals surface area contributed by atoms with Crippen molar-refractivity contribution in [2.24, 2.45) is 4.99 Å². The zero-order chi connectivity index (χ0) is 26.2. The third-order valence-electron chi connectivity index (χ3n) is 5.87. The average molecular weight is 520 g/mol. The van der Waals surface area contributed by atoms with Crippen LogP contribution in [0, 0.1) is 0 Å². The standard InChI is InChI=1S/C28H30ClN5O3/c1-3-4-5-22(30-2)17-37-27-9-6-21(12-25(27)29)33-28-24-13-23(7-8-26(24)31-18-32-28)34-14-19(10-11-35)20(15-34)16-36/h4-9,12-15,18,35-36H,3,10-11,16-17H2,1-2H3,(H,31,32,33)/b5-4-,30-22?. The number of ether oxygens (including phenoxy) is 1. The van der Waals surface area contributed by atoms with Crippen molar-refractivity contribution in [1.29, 1.82) is 0 Å². The number of nitrogens with one attached hydrogen (secondary N) is 1. The molecule has 2 heterocycles. The Labute approximate surface area is 220 Å². The van der Waals surface area contributed by atoms with Gasteiger partial charge in [-0.3, -0.25) is 4.99 Å². The zero-order valence-electron chi connectivity index (χ0n) is 20.9. The topological polar surface area (TPSA) is 105 Å². The van der Waals surface area contributed by atoms with Crippen LogP contribution < -0.4 is 10.1 Å². The molecule has 8 nitrogen and oxygen atoms in total. The number of halogens is 1. The minimum absolute atomic E-state index is 0.0201. The van der Waals surface area contributed by atoms with Crippen LogP contribution >= 0.6 is 11.6 Å². The molecule has 0 aliphatic rings. The van der Waals surface area contributed by atoms with Crippen molar-refractivity contribution >= 4 is 39.7 Å². The van der Waals surface area contributed by atoms with Crippen molar-refractivity contribution < 1.29 is 14.9 Å². The highest BCUT2D eigenvalue weighted by Gasteiger charge is 2.11. The van der Waals surface area contributed by atoms with E-state index < -0.39 is 0 Å². The van der Waals surface area contributed by atoms with Gasteiger partial charge in [-0.2, -0.15) is 0 Å². The molecule has 9 heteroatoms. The molecule has 2 aromatic heterocycles. The first-order chi connectivity index (χ1) is 18.1. The summed E-state index contributed by atoms with van der Waals surface area (Å²) in [5, 5.41) is 23.6. The smallest absolute Gasteiger partial charge is 0.141 e. The molecule has 3 N–H and O–H groups in total. The maximum atomic E-state index is 9.68. The van der Waals surface area contributed by atoms with E-state index in [2.05, 4.69) is 27.2 Å². The van der Waals surface area contributed by atoms with Crippen LogP contribution in [0.25, 0.3) is 16.6 Å². The van der Waals surface area contributed by atoms with E-state index in [1.54, 1.807) is 13.1 Å². The third-order valence-corrected chi connectivity index (χ3v) is 6.17. The average Bonchev–Trinajstić information content (AvgIpc) is 3.33. The molecule has 192 valence electrons. The number of benzene rings is 2. The van der Waals surface area contributed by atoms with Gasteiger partial charge in [-0.05, 0) is 66.4 Å². The second kappa shape index (κ2) is 12.5. The summed E-state index contributed by atoms with van der Waals surface area (Å²) in [6.45, 7) is 2.33. The number of aliphatic imine (C=N–C) groups is 1. The Balaban J connectivity index is 1.57. The lowest BCUT2D eigenvalue weighted by atomic mass is 10.1. The second-order valence-corrected chi connectivity index (χ2v) is 8.76. The number of rotatable bonds is 11. The summed E-state index contributed by atoms with van der Waals surface area (Å²) in [4.78, 5) is 13.1. The zero-order valence-corrected chi connectivity index (χ0v) is 21.6. The monoisotopic (exact) mass is 519 g/mol. The molecule has 2 aromatic carbocycles. The lowest BCUT2D eigenvalue weighted by Crippen LogP contribution is -2.09. The molecule has 0 spiro atoms. The summed E-state index contributed by atoms with van der Waals surface area (Å²) in [7, 11) is 1.74. The molecule has 0 atom stereocenters. The van der Waals surface area contributed by atoms with Crippen LogP contribution in [0.4, 0.5) is 11.5 Å². The lowest BCUT2D eigenvalue weighted by Gasteiger charge is -2.12. The summed E-state index contributed by atoms with van der Waals surface area (Å²) in [6.07, 6.45) is 10.7. The van der Waals surface area contributed by atoms with Gasteiger partial charge in [0.1, 0.15) is 24.5 Å². The van der Waals surface area contributed by atoms with E-state index in [0.717, 1.165) is 45.5 Å². The van der Waals surface area contributed by atoms with E-state index in [1.807, 2.05) is 59.4 Å². The van der Waals surface area contributed by atoms with E-state index in [1.165, 1.54) is 6.33 Å². The predicted molar refractivity (Wildman–Crippen MR) is 149 cm³/mol. The largest absolute Gasteiger partial charge is 0.486 e.